The summed E-state index contributed by atoms with van der Waals surface area (Å²) in [6.07, 6.45) is 18.6. The molecule has 204 valence electrons. The quantitative estimate of drug-likeness (QED) is 0.383. The van der Waals surface area contributed by atoms with Crippen LogP contribution in [0.15, 0.2) is 47.1 Å². The van der Waals surface area contributed by atoms with Crippen molar-refractivity contribution in [1.82, 2.24) is 0 Å². The molecule has 3 aliphatic carbocycles. The molecular formula is C36H54O. The van der Waals surface area contributed by atoms with Crippen molar-refractivity contribution in [3.63, 3.8) is 0 Å². The van der Waals surface area contributed by atoms with Crippen molar-refractivity contribution in [2.45, 2.75) is 136 Å². The van der Waals surface area contributed by atoms with Crippen LogP contribution in [-0.2, 0) is 16.2 Å². The Labute approximate surface area is 228 Å². The first-order valence-corrected chi connectivity index (χ1v) is 15.1. The molecule has 1 N–H and O–H groups in total. The van der Waals surface area contributed by atoms with E-state index >= 15 is 0 Å². The molecule has 0 heterocycles. The zero-order chi connectivity index (χ0) is 27.2. The van der Waals surface area contributed by atoms with Gasteiger partial charge in [-0.15, -0.1) is 0 Å². The highest BCUT2D eigenvalue weighted by Crippen LogP contribution is 2.51. The van der Waals surface area contributed by atoms with Crippen LogP contribution in [0, 0.1) is 17.8 Å². The highest BCUT2D eigenvalue weighted by Gasteiger charge is 2.41. The van der Waals surface area contributed by atoms with Gasteiger partial charge < -0.3 is 5.11 Å². The molecule has 1 heteroatoms. The van der Waals surface area contributed by atoms with Crippen molar-refractivity contribution in [2.75, 3.05) is 0 Å². The van der Waals surface area contributed by atoms with Crippen LogP contribution in [0.5, 0.6) is 5.75 Å². The number of hydrogen-bond acceptors (Lipinski definition) is 1. The highest BCUT2D eigenvalue weighted by atomic mass is 16.3. The Morgan fingerprint density at radius 3 is 1.22 bits per heavy atom. The lowest BCUT2D eigenvalue weighted by atomic mass is 9.62. The number of aromatic hydroxyl groups is 1. The topological polar surface area (TPSA) is 20.2 Å². The maximum atomic E-state index is 12.1. The molecule has 0 fully saturated rings. The van der Waals surface area contributed by atoms with Crippen molar-refractivity contribution in [2.24, 2.45) is 17.8 Å². The Hall–Kier alpha value is -1.76. The van der Waals surface area contributed by atoms with Gasteiger partial charge in [-0.05, 0) is 118 Å². The summed E-state index contributed by atoms with van der Waals surface area (Å²) in [5.74, 6) is 2.00. The molecule has 3 atom stereocenters. The van der Waals surface area contributed by atoms with Crippen LogP contribution in [-0.4, -0.2) is 5.11 Å². The predicted molar refractivity (Wildman–Crippen MR) is 160 cm³/mol. The van der Waals surface area contributed by atoms with Crippen LogP contribution in [0.25, 0.3) is 0 Å². The highest BCUT2D eigenvalue weighted by molar-refractivity contribution is 5.53. The largest absolute Gasteiger partial charge is 0.507 e. The van der Waals surface area contributed by atoms with E-state index in [1.807, 2.05) is 0 Å². The smallest absolute Gasteiger partial charge is 0.123 e. The van der Waals surface area contributed by atoms with E-state index in [2.05, 4.69) is 92.7 Å². The van der Waals surface area contributed by atoms with Crippen molar-refractivity contribution in [3.05, 3.63) is 63.8 Å². The summed E-state index contributed by atoms with van der Waals surface area (Å²) >= 11 is 0. The molecule has 1 nitrogen and oxygen atoms in total. The zero-order valence-electron chi connectivity index (χ0n) is 25.4. The fraction of sp³-hybridized carbons (Fsp3) is 0.667. The average Bonchev–Trinajstić information content (AvgIpc) is 2.84. The molecule has 1 aromatic rings. The normalized spacial score (nSPS) is 25.9. The van der Waals surface area contributed by atoms with Crippen molar-refractivity contribution >= 4 is 0 Å². The van der Waals surface area contributed by atoms with Gasteiger partial charge in [0.05, 0.1) is 0 Å². The lowest BCUT2D eigenvalue weighted by Gasteiger charge is -2.42. The molecule has 4 rings (SSSR count). The summed E-state index contributed by atoms with van der Waals surface area (Å²) in [6.45, 7) is 21.3. The molecule has 3 unspecified atom stereocenters. The van der Waals surface area contributed by atoms with Crippen LogP contribution >= 0.6 is 0 Å². The Morgan fingerprint density at radius 2 is 0.892 bits per heavy atom. The van der Waals surface area contributed by atoms with Crippen LogP contribution in [0.2, 0.25) is 0 Å². The lowest BCUT2D eigenvalue weighted by molar-refractivity contribution is 0.301. The van der Waals surface area contributed by atoms with Crippen LogP contribution in [0.4, 0.5) is 0 Å². The maximum absolute atomic E-state index is 12.1. The number of benzene rings is 1. The van der Waals surface area contributed by atoms with Gasteiger partial charge in [0.25, 0.3) is 0 Å². The molecule has 1 aromatic carbocycles. The average molecular weight is 503 g/mol. The van der Waals surface area contributed by atoms with E-state index in [4.69, 9.17) is 0 Å². The molecule has 0 amide bonds. The molecule has 0 aromatic heterocycles. The molecule has 0 radical (unpaired) electrons. The van der Waals surface area contributed by atoms with Gasteiger partial charge in [0.15, 0.2) is 0 Å². The van der Waals surface area contributed by atoms with Gasteiger partial charge in [0.1, 0.15) is 5.75 Å². The van der Waals surface area contributed by atoms with Crippen molar-refractivity contribution in [3.8, 4) is 5.75 Å². The first-order valence-electron chi connectivity index (χ1n) is 15.1. The number of hydrogen-bond donors (Lipinski definition) is 1. The van der Waals surface area contributed by atoms with E-state index in [-0.39, 0.29) is 16.2 Å². The number of phenols is 1. The monoisotopic (exact) mass is 502 g/mol. The second kappa shape index (κ2) is 10.4. The fourth-order valence-electron chi connectivity index (χ4n) is 7.64. The van der Waals surface area contributed by atoms with Crippen LogP contribution < -0.4 is 0 Å². The second-order valence-electron chi connectivity index (χ2n) is 14.6. The van der Waals surface area contributed by atoms with E-state index in [0.29, 0.717) is 23.5 Å². The van der Waals surface area contributed by atoms with Crippen LogP contribution in [0.3, 0.4) is 0 Å². The zero-order valence-corrected chi connectivity index (χ0v) is 25.4. The van der Waals surface area contributed by atoms with E-state index in [9.17, 15) is 5.11 Å². The van der Waals surface area contributed by atoms with Crippen molar-refractivity contribution in [1.29, 1.82) is 0 Å². The Balaban J connectivity index is 1.91. The van der Waals surface area contributed by atoms with Gasteiger partial charge in [-0.2, -0.15) is 0 Å². The first kappa shape index (κ1) is 28.3. The predicted octanol–water partition coefficient (Wildman–Crippen LogP) is 10.5. The Kier molecular flexibility index (Phi) is 7.96. The number of rotatable bonds is 6. The molecule has 3 aliphatic rings. The van der Waals surface area contributed by atoms with E-state index in [1.54, 1.807) is 0 Å². The summed E-state index contributed by atoms with van der Waals surface area (Å²) in [4.78, 5) is 0. The van der Waals surface area contributed by atoms with Gasteiger partial charge in [-0.3, -0.25) is 0 Å². The minimum Gasteiger partial charge on any atom is -0.507 e. The van der Waals surface area contributed by atoms with Crippen LogP contribution in [0.1, 0.15) is 137 Å². The molecular weight excluding hydrogens is 448 g/mol. The standard InChI is InChI=1S/C36H54O/c1-24-13-10-16-27(19-24)34(4,5)30-22-31(35(6,7)28-17-11-14-25(2)20-28)33(37)32(23-30)36(8,9)29-18-12-15-26(3)21-29/h19-23,27-29,37H,10-18H2,1-9H3. The summed E-state index contributed by atoms with van der Waals surface area (Å²) in [7, 11) is 0. The van der Waals surface area contributed by atoms with Gasteiger partial charge in [-0.1, -0.05) is 88.6 Å². The Morgan fingerprint density at radius 1 is 0.568 bits per heavy atom. The van der Waals surface area contributed by atoms with Crippen molar-refractivity contribution < 1.29 is 5.11 Å². The molecule has 37 heavy (non-hydrogen) atoms. The molecule has 0 saturated heterocycles. The summed E-state index contributed by atoms with van der Waals surface area (Å²) in [5, 5.41) is 12.1. The fourth-order valence-corrected chi connectivity index (χ4v) is 7.64. The first-order chi connectivity index (χ1) is 17.2. The second-order valence-corrected chi connectivity index (χ2v) is 14.6. The van der Waals surface area contributed by atoms with Gasteiger partial charge >= 0.3 is 0 Å². The summed E-state index contributed by atoms with van der Waals surface area (Å²) in [6, 6.07) is 4.82. The molecule has 0 bridgehead atoms. The number of phenolic OH excluding ortho intramolecular Hbond substituents is 1. The third-order valence-corrected chi connectivity index (χ3v) is 10.7. The minimum atomic E-state index is -0.126. The third-order valence-electron chi connectivity index (χ3n) is 10.7. The Bertz CT molecular complexity index is 1030. The summed E-state index contributed by atoms with van der Waals surface area (Å²) in [5.41, 5.74) is 8.03. The summed E-state index contributed by atoms with van der Waals surface area (Å²) < 4.78 is 0. The van der Waals surface area contributed by atoms with Gasteiger partial charge in [0, 0.05) is 11.1 Å². The molecule has 0 saturated carbocycles. The van der Waals surface area contributed by atoms with E-state index in [0.717, 1.165) is 11.1 Å². The SMILES string of the molecule is CC1=CC(C(C)(C)c2cc(C(C)(C)C3C=C(C)CCC3)c(O)c(C(C)(C)C3C=C(C)CCC3)c2)CCC1. The minimum absolute atomic E-state index is 0.0156. The molecule has 0 aliphatic heterocycles. The van der Waals surface area contributed by atoms with E-state index < -0.39 is 0 Å². The maximum Gasteiger partial charge on any atom is 0.123 e. The van der Waals surface area contributed by atoms with Gasteiger partial charge in [-0.25, -0.2) is 0 Å². The lowest BCUT2D eigenvalue weighted by Crippen LogP contribution is -2.35. The van der Waals surface area contributed by atoms with E-state index in [1.165, 1.54) is 80.1 Å². The third kappa shape index (κ3) is 5.53. The van der Waals surface area contributed by atoms with Gasteiger partial charge in [0.2, 0.25) is 0 Å². The number of allylic oxidation sites excluding steroid dienone is 6. The molecule has 0 spiro atoms.